The number of thiophene rings is 1. The van der Waals surface area contributed by atoms with E-state index in [4.69, 9.17) is 0 Å². The van der Waals surface area contributed by atoms with Gasteiger partial charge in [0.25, 0.3) is 0 Å². The number of carbonyl (C=O) groups excluding carboxylic acids is 1. The first-order chi connectivity index (χ1) is 14.5. The third kappa shape index (κ3) is 4.94. The van der Waals surface area contributed by atoms with Crippen molar-refractivity contribution in [2.24, 2.45) is 5.92 Å². The number of amides is 1. The van der Waals surface area contributed by atoms with Gasteiger partial charge in [0.05, 0.1) is 4.90 Å². The Bertz CT molecular complexity index is 924. The summed E-state index contributed by atoms with van der Waals surface area (Å²) in [7, 11) is -3.64. The lowest BCUT2D eigenvalue weighted by atomic mass is 9.96. The highest BCUT2D eigenvalue weighted by Crippen LogP contribution is 2.26. The smallest absolute Gasteiger partial charge is 0.243 e. The van der Waals surface area contributed by atoms with Gasteiger partial charge in [0.2, 0.25) is 15.9 Å². The van der Waals surface area contributed by atoms with E-state index in [-0.39, 0.29) is 10.8 Å². The second-order valence-electron chi connectivity index (χ2n) is 8.13. The molecule has 8 heteroatoms. The molecule has 162 valence electrons. The van der Waals surface area contributed by atoms with Gasteiger partial charge < -0.3 is 5.32 Å². The maximum atomic E-state index is 13.0. The summed E-state index contributed by atoms with van der Waals surface area (Å²) in [5.74, 6) is 0.294. The number of sulfonamides is 1. The number of hydrogen-bond donors (Lipinski definition) is 1. The fourth-order valence-corrected chi connectivity index (χ4v) is 6.78. The van der Waals surface area contributed by atoms with Crippen molar-refractivity contribution in [3.63, 3.8) is 0 Å². The van der Waals surface area contributed by atoms with E-state index in [1.54, 1.807) is 41.7 Å². The zero-order chi connectivity index (χ0) is 21.0. The molecule has 4 rings (SSSR count). The van der Waals surface area contributed by atoms with E-state index in [9.17, 15) is 13.2 Å². The van der Waals surface area contributed by atoms with E-state index in [2.05, 4.69) is 27.7 Å². The summed E-state index contributed by atoms with van der Waals surface area (Å²) in [6.45, 7) is 4.11. The van der Waals surface area contributed by atoms with Crippen molar-refractivity contribution in [3.8, 4) is 0 Å². The molecule has 2 fully saturated rings. The van der Waals surface area contributed by atoms with E-state index >= 15 is 0 Å². The molecule has 0 spiro atoms. The highest BCUT2D eigenvalue weighted by atomic mass is 32.2. The SMILES string of the molecule is O=C(NCC1CCN(Cc2cccs2)CC1)C1CCCN1S(=O)(=O)c1ccccc1. The Morgan fingerprint density at radius 1 is 1.03 bits per heavy atom. The number of carbonyl (C=O) groups is 1. The largest absolute Gasteiger partial charge is 0.354 e. The summed E-state index contributed by atoms with van der Waals surface area (Å²) in [6.07, 6.45) is 3.41. The van der Waals surface area contributed by atoms with Gasteiger partial charge in [-0.25, -0.2) is 8.42 Å². The van der Waals surface area contributed by atoms with Gasteiger partial charge in [-0.05, 0) is 68.3 Å². The van der Waals surface area contributed by atoms with Gasteiger partial charge in [-0.2, -0.15) is 4.31 Å². The average Bonchev–Trinajstić information content (AvgIpc) is 3.46. The Balaban J connectivity index is 1.28. The normalized spacial score (nSPS) is 21.7. The highest BCUT2D eigenvalue weighted by Gasteiger charge is 2.39. The van der Waals surface area contributed by atoms with Crippen molar-refractivity contribution in [3.05, 3.63) is 52.7 Å². The van der Waals surface area contributed by atoms with Crippen LogP contribution in [0.15, 0.2) is 52.7 Å². The molecule has 1 aromatic carbocycles. The first-order valence-electron chi connectivity index (χ1n) is 10.6. The summed E-state index contributed by atoms with van der Waals surface area (Å²) in [6, 6.07) is 12.1. The molecule has 1 amide bonds. The minimum Gasteiger partial charge on any atom is -0.354 e. The monoisotopic (exact) mass is 447 g/mol. The fourth-order valence-electron chi connectivity index (χ4n) is 4.35. The van der Waals surface area contributed by atoms with Gasteiger partial charge in [-0.15, -0.1) is 11.3 Å². The molecule has 1 atom stereocenters. The van der Waals surface area contributed by atoms with Crippen LogP contribution in [0, 0.1) is 5.92 Å². The van der Waals surface area contributed by atoms with E-state index in [0.29, 0.717) is 31.8 Å². The highest BCUT2D eigenvalue weighted by molar-refractivity contribution is 7.89. The number of nitrogens with one attached hydrogen (secondary N) is 1. The van der Waals surface area contributed by atoms with Crippen molar-refractivity contribution in [2.45, 2.75) is 43.2 Å². The number of nitrogens with zero attached hydrogens (tertiary/aromatic N) is 2. The maximum Gasteiger partial charge on any atom is 0.243 e. The second kappa shape index (κ2) is 9.60. The second-order valence-corrected chi connectivity index (χ2v) is 11.1. The molecule has 1 unspecified atom stereocenters. The van der Waals surface area contributed by atoms with Crippen LogP contribution in [-0.4, -0.2) is 55.8 Å². The molecule has 0 bridgehead atoms. The van der Waals surface area contributed by atoms with Gasteiger partial charge in [-0.1, -0.05) is 24.3 Å². The van der Waals surface area contributed by atoms with Gasteiger partial charge in [0.1, 0.15) is 6.04 Å². The molecule has 2 aliphatic heterocycles. The molecule has 1 aromatic heterocycles. The van der Waals surface area contributed by atoms with Crippen molar-refractivity contribution in [1.29, 1.82) is 0 Å². The van der Waals surface area contributed by atoms with E-state index in [0.717, 1.165) is 32.5 Å². The number of rotatable bonds is 7. The van der Waals surface area contributed by atoms with Crippen molar-refractivity contribution >= 4 is 27.3 Å². The molecule has 6 nitrogen and oxygen atoms in total. The molecule has 2 saturated heterocycles. The third-order valence-electron chi connectivity index (χ3n) is 6.09. The van der Waals surface area contributed by atoms with E-state index in [1.165, 1.54) is 9.18 Å². The molecule has 1 N–H and O–H groups in total. The van der Waals surface area contributed by atoms with Crippen molar-refractivity contribution in [1.82, 2.24) is 14.5 Å². The summed E-state index contributed by atoms with van der Waals surface area (Å²) < 4.78 is 27.3. The van der Waals surface area contributed by atoms with Crippen LogP contribution >= 0.6 is 11.3 Å². The number of hydrogen-bond acceptors (Lipinski definition) is 5. The standard InChI is InChI=1S/C22H29N3O3S2/c26-22(21-9-4-12-25(21)30(27,28)20-7-2-1-3-8-20)23-16-18-10-13-24(14-11-18)17-19-6-5-15-29-19/h1-3,5-8,15,18,21H,4,9-14,16-17H2,(H,23,26). The molecule has 0 saturated carbocycles. The number of piperidine rings is 1. The zero-order valence-corrected chi connectivity index (χ0v) is 18.7. The van der Waals surface area contributed by atoms with Gasteiger partial charge in [0.15, 0.2) is 0 Å². The van der Waals surface area contributed by atoms with Crippen molar-refractivity contribution in [2.75, 3.05) is 26.2 Å². The fraction of sp³-hybridized carbons (Fsp3) is 0.500. The zero-order valence-electron chi connectivity index (χ0n) is 17.1. The molecule has 0 aliphatic carbocycles. The average molecular weight is 448 g/mol. The lowest BCUT2D eigenvalue weighted by molar-refractivity contribution is -0.124. The lowest BCUT2D eigenvalue weighted by Gasteiger charge is -2.32. The Morgan fingerprint density at radius 3 is 2.50 bits per heavy atom. The maximum absolute atomic E-state index is 13.0. The third-order valence-corrected chi connectivity index (χ3v) is 8.87. The molecule has 2 aromatic rings. The minimum absolute atomic E-state index is 0.159. The summed E-state index contributed by atoms with van der Waals surface area (Å²) in [4.78, 5) is 16.9. The molecule has 2 aliphatic rings. The van der Waals surface area contributed by atoms with E-state index in [1.807, 2.05) is 0 Å². The predicted molar refractivity (Wildman–Crippen MR) is 119 cm³/mol. The van der Waals surface area contributed by atoms with Crippen LogP contribution in [0.4, 0.5) is 0 Å². The van der Waals surface area contributed by atoms with Crippen LogP contribution in [0.3, 0.4) is 0 Å². The molecule has 30 heavy (non-hydrogen) atoms. The first-order valence-corrected chi connectivity index (χ1v) is 13.0. The predicted octanol–water partition coefficient (Wildman–Crippen LogP) is 2.93. The van der Waals surface area contributed by atoms with Crippen LogP contribution in [0.5, 0.6) is 0 Å². The topological polar surface area (TPSA) is 69.7 Å². The number of benzene rings is 1. The van der Waals surface area contributed by atoms with Crippen molar-refractivity contribution < 1.29 is 13.2 Å². The Hall–Kier alpha value is -1.74. The quantitative estimate of drug-likeness (QED) is 0.709. The van der Waals surface area contributed by atoms with Crippen LogP contribution in [0.25, 0.3) is 0 Å². The van der Waals surface area contributed by atoms with Gasteiger partial charge in [0, 0.05) is 24.5 Å². The Morgan fingerprint density at radius 2 is 1.80 bits per heavy atom. The summed E-state index contributed by atoms with van der Waals surface area (Å²) in [5, 5.41) is 5.16. The van der Waals surface area contributed by atoms with E-state index < -0.39 is 16.1 Å². The van der Waals surface area contributed by atoms with Gasteiger partial charge in [-0.3, -0.25) is 9.69 Å². The van der Waals surface area contributed by atoms with Gasteiger partial charge >= 0.3 is 0 Å². The first kappa shape index (κ1) is 21.5. The molecule has 3 heterocycles. The summed E-state index contributed by atoms with van der Waals surface area (Å²) in [5.41, 5.74) is 0. The van der Waals surface area contributed by atoms with Crippen LogP contribution < -0.4 is 5.32 Å². The molecular weight excluding hydrogens is 418 g/mol. The minimum atomic E-state index is -3.64. The molecular formula is C22H29N3O3S2. The Kier molecular flexibility index (Phi) is 6.87. The Labute approximate surface area is 182 Å². The van der Waals surface area contributed by atoms with Crippen LogP contribution in [0.2, 0.25) is 0 Å². The summed E-state index contributed by atoms with van der Waals surface area (Å²) >= 11 is 1.79. The lowest BCUT2D eigenvalue weighted by Crippen LogP contribution is -2.47. The number of likely N-dealkylation sites (tertiary alicyclic amines) is 1. The van der Waals surface area contributed by atoms with Crippen LogP contribution in [-0.2, 0) is 21.4 Å². The molecule has 0 radical (unpaired) electrons. The van der Waals surface area contributed by atoms with Crippen LogP contribution in [0.1, 0.15) is 30.6 Å².